The van der Waals surface area contributed by atoms with E-state index >= 15 is 0 Å². The van der Waals surface area contributed by atoms with E-state index in [4.69, 9.17) is 0 Å². The van der Waals surface area contributed by atoms with Crippen LogP contribution in [0.15, 0.2) is 24.5 Å². The highest BCUT2D eigenvalue weighted by Gasteiger charge is 2.08. The largest absolute Gasteiger partial charge is 0.310 e. The van der Waals surface area contributed by atoms with Gasteiger partial charge in [-0.1, -0.05) is 26.3 Å². The lowest BCUT2D eigenvalue weighted by Gasteiger charge is -2.19. The van der Waals surface area contributed by atoms with Gasteiger partial charge in [0.2, 0.25) is 0 Å². The van der Waals surface area contributed by atoms with Gasteiger partial charge in [-0.25, -0.2) is 0 Å². The molecule has 78 valence electrons. The van der Waals surface area contributed by atoms with Crippen molar-refractivity contribution in [3.63, 3.8) is 0 Å². The Balaban J connectivity index is 2.34. The molecular weight excluding hydrogens is 172 g/mol. The summed E-state index contributed by atoms with van der Waals surface area (Å²) >= 11 is 0. The van der Waals surface area contributed by atoms with Gasteiger partial charge in [0.15, 0.2) is 0 Å². The summed E-state index contributed by atoms with van der Waals surface area (Å²) in [7, 11) is 0. The normalized spacial score (nSPS) is 15.1. The van der Waals surface area contributed by atoms with Crippen molar-refractivity contribution in [3.8, 4) is 0 Å². The standard InChI is InChI=1S/C12H20N2/c1-4-10(2)11(3)14-9-12-6-5-7-13-8-12/h5-8,10-11,14H,4,9H2,1-3H3. The second kappa shape index (κ2) is 5.76. The number of nitrogens with zero attached hydrogens (tertiary/aromatic N) is 1. The highest BCUT2D eigenvalue weighted by atomic mass is 14.9. The van der Waals surface area contributed by atoms with Gasteiger partial charge in [0, 0.05) is 25.0 Å². The number of rotatable bonds is 5. The number of hydrogen-bond donors (Lipinski definition) is 1. The lowest BCUT2D eigenvalue weighted by Crippen LogP contribution is -2.31. The molecule has 1 rings (SSSR count). The first-order valence-electron chi connectivity index (χ1n) is 5.36. The number of pyridine rings is 1. The number of nitrogens with one attached hydrogen (secondary N) is 1. The maximum atomic E-state index is 4.09. The fourth-order valence-electron chi connectivity index (χ4n) is 1.34. The fraction of sp³-hybridized carbons (Fsp3) is 0.583. The Morgan fingerprint density at radius 2 is 2.21 bits per heavy atom. The van der Waals surface area contributed by atoms with Gasteiger partial charge in [0.05, 0.1) is 0 Å². The zero-order valence-electron chi connectivity index (χ0n) is 9.33. The molecular formula is C12H20N2. The van der Waals surface area contributed by atoms with Crippen LogP contribution in [-0.4, -0.2) is 11.0 Å². The van der Waals surface area contributed by atoms with Crippen LogP contribution in [0.5, 0.6) is 0 Å². The van der Waals surface area contributed by atoms with Gasteiger partial charge in [-0.2, -0.15) is 0 Å². The molecule has 0 radical (unpaired) electrons. The van der Waals surface area contributed by atoms with Crippen LogP contribution in [-0.2, 0) is 6.54 Å². The molecule has 0 amide bonds. The summed E-state index contributed by atoms with van der Waals surface area (Å²) in [5.41, 5.74) is 1.25. The minimum absolute atomic E-state index is 0.570. The molecule has 0 aromatic carbocycles. The summed E-state index contributed by atoms with van der Waals surface area (Å²) in [6.07, 6.45) is 4.94. The minimum Gasteiger partial charge on any atom is -0.310 e. The predicted molar refractivity (Wildman–Crippen MR) is 60.0 cm³/mol. The van der Waals surface area contributed by atoms with Crippen molar-refractivity contribution in [2.75, 3.05) is 0 Å². The van der Waals surface area contributed by atoms with Gasteiger partial charge in [-0.3, -0.25) is 4.98 Å². The van der Waals surface area contributed by atoms with Crippen molar-refractivity contribution in [2.45, 2.75) is 39.8 Å². The second-order valence-corrected chi connectivity index (χ2v) is 3.92. The Morgan fingerprint density at radius 1 is 1.43 bits per heavy atom. The lowest BCUT2D eigenvalue weighted by molar-refractivity contribution is 0.389. The van der Waals surface area contributed by atoms with Crippen LogP contribution in [0.2, 0.25) is 0 Å². The van der Waals surface area contributed by atoms with Crippen LogP contribution in [0.25, 0.3) is 0 Å². The van der Waals surface area contributed by atoms with Crippen molar-refractivity contribution < 1.29 is 0 Å². The van der Waals surface area contributed by atoms with Crippen LogP contribution in [0.4, 0.5) is 0 Å². The summed E-state index contributed by atoms with van der Waals surface area (Å²) in [5, 5.41) is 3.51. The molecule has 1 aromatic rings. The Labute approximate surface area is 86.8 Å². The maximum Gasteiger partial charge on any atom is 0.0312 e. The van der Waals surface area contributed by atoms with Crippen LogP contribution < -0.4 is 5.32 Å². The topological polar surface area (TPSA) is 24.9 Å². The Hall–Kier alpha value is -0.890. The Bertz CT molecular complexity index is 246. The highest BCUT2D eigenvalue weighted by Crippen LogP contribution is 2.07. The first-order chi connectivity index (χ1) is 6.74. The number of aromatic nitrogens is 1. The van der Waals surface area contributed by atoms with E-state index in [0.29, 0.717) is 6.04 Å². The first-order valence-corrected chi connectivity index (χ1v) is 5.36. The van der Waals surface area contributed by atoms with E-state index in [9.17, 15) is 0 Å². The van der Waals surface area contributed by atoms with Crippen LogP contribution in [0.1, 0.15) is 32.8 Å². The van der Waals surface area contributed by atoms with Crippen LogP contribution >= 0.6 is 0 Å². The highest BCUT2D eigenvalue weighted by molar-refractivity contribution is 5.07. The third-order valence-corrected chi connectivity index (χ3v) is 2.85. The Kier molecular flexibility index (Phi) is 4.60. The van der Waals surface area contributed by atoms with Gasteiger partial charge in [0.1, 0.15) is 0 Å². The van der Waals surface area contributed by atoms with E-state index in [0.717, 1.165) is 12.5 Å². The molecule has 0 saturated carbocycles. The molecule has 2 heteroatoms. The molecule has 14 heavy (non-hydrogen) atoms. The van der Waals surface area contributed by atoms with Gasteiger partial charge >= 0.3 is 0 Å². The van der Waals surface area contributed by atoms with Crippen molar-refractivity contribution in [1.29, 1.82) is 0 Å². The Morgan fingerprint density at radius 3 is 2.79 bits per heavy atom. The maximum absolute atomic E-state index is 4.09. The van der Waals surface area contributed by atoms with E-state index in [1.807, 2.05) is 18.5 Å². The molecule has 1 N–H and O–H groups in total. The molecule has 0 saturated heterocycles. The average Bonchev–Trinajstić information content (AvgIpc) is 2.26. The van der Waals surface area contributed by atoms with Crippen molar-refractivity contribution in [1.82, 2.24) is 10.3 Å². The molecule has 0 aliphatic heterocycles. The monoisotopic (exact) mass is 192 g/mol. The van der Waals surface area contributed by atoms with Crippen LogP contribution in [0, 0.1) is 5.92 Å². The molecule has 0 bridgehead atoms. The minimum atomic E-state index is 0.570. The van der Waals surface area contributed by atoms with Crippen LogP contribution in [0.3, 0.4) is 0 Å². The third kappa shape index (κ3) is 3.46. The zero-order valence-corrected chi connectivity index (χ0v) is 9.33. The van der Waals surface area contributed by atoms with E-state index in [1.165, 1.54) is 12.0 Å². The molecule has 1 aromatic heterocycles. The zero-order chi connectivity index (χ0) is 10.4. The fourth-order valence-corrected chi connectivity index (χ4v) is 1.34. The van der Waals surface area contributed by atoms with Crippen molar-refractivity contribution >= 4 is 0 Å². The van der Waals surface area contributed by atoms with E-state index < -0.39 is 0 Å². The lowest BCUT2D eigenvalue weighted by atomic mass is 10.0. The van der Waals surface area contributed by atoms with Crippen molar-refractivity contribution in [3.05, 3.63) is 30.1 Å². The van der Waals surface area contributed by atoms with Gasteiger partial charge in [0.25, 0.3) is 0 Å². The molecule has 0 fully saturated rings. The summed E-state index contributed by atoms with van der Waals surface area (Å²) in [6, 6.07) is 4.65. The molecule has 2 atom stereocenters. The summed E-state index contributed by atoms with van der Waals surface area (Å²) in [6.45, 7) is 7.66. The molecule has 2 unspecified atom stereocenters. The quantitative estimate of drug-likeness (QED) is 0.775. The predicted octanol–water partition coefficient (Wildman–Crippen LogP) is 2.61. The second-order valence-electron chi connectivity index (χ2n) is 3.92. The molecule has 0 spiro atoms. The van der Waals surface area contributed by atoms with E-state index in [-0.39, 0.29) is 0 Å². The van der Waals surface area contributed by atoms with Crippen molar-refractivity contribution in [2.24, 2.45) is 5.92 Å². The van der Waals surface area contributed by atoms with Gasteiger partial charge in [-0.15, -0.1) is 0 Å². The summed E-state index contributed by atoms with van der Waals surface area (Å²) < 4.78 is 0. The number of hydrogen-bond acceptors (Lipinski definition) is 2. The molecule has 2 nitrogen and oxygen atoms in total. The summed E-state index contributed by atoms with van der Waals surface area (Å²) in [4.78, 5) is 4.09. The molecule has 0 aliphatic carbocycles. The first kappa shape index (κ1) is 11.2. The third-order valence-electron chi connectivity index (χ3n) is 2.85. The van der Waals surface area contributed by atoms with Gasteiger partial charge in [-0.05, 0) is 24.5 Å². The summed E-state index contributed by atoms with van der Waals surface area (Å²) in [5.74, 6) is 0.728. The smallest absolute Gasteiger partial charge is 0.0312 e. The molecule has 1 heterocycles. The van der Waals surface area contributed by atoms with Gasteiger partial charge < -0.3 is 5.32 Å². The molecule has 0 aliphatic rings. The average molecular weight is 192 g/mol. The van der Waals surface area contributed by atoms with E-state index in [2.05, 4.69) is 37.1 Å². The van der Waals surface area contributed by atoms with E-state index in [1.54, 1.807) is 0 Å². The SMILES string of the molecule is CCC(C)C(C)NCc1cccnc1.